The Morgan fingerprint density at radius 3 is 2.93 bits per heavy atom. The molecule has 0 fully saturated rings. The van der Waals surface area contributed by atoms with Crippen LogP contribution >= 0.6 is 11.8 Å². The van der Waals surface area contributed by atoms with E-state index in [0.29, 0.717) is 0 Å². The molecule has 0 spiro atoms. The van der Waals surface area contributed by atoms with Gasteiger partial charge in [0.25, 0.3) is 0 Å². The van der Waals surface area contributed by atoms with Gasteiger partial charge in [0.1, 0.15) is 5.82 Å². The van der Waals surface area contributed by atoms with Crippen LogP contribution < -0.4 is 10.2 Å². The van der Waals surface area contributed by atoms with Crippen LogP contribution in [0.2, 0.25) is 0 Å². The normalized spacial score (nSPS) is 10.1. The van der Waals surface area contributed by atoms with Crippen molar-refractivity contribution in [3.8, 4) is 0 Å². The highest BCUT2D eigenvalue weighted by Gasteiger charge is 1.99. The average Bonchev–Trinajstić information content (AvgIpc) is 2.25. The van der Waals surface area contributed by atoms with E-state index in [1.165, 1.54) is 5.75 Å². The van der Waals surface area contributed by atoms with E-state index in [1.807, 2.05) is 36.8 Å². The molecule has 84 valence electrons. The van der Waals surface area contributed by atoms with Crippen LogP contribution in [0.15, 0.2) is 12.3 Å². The zero-order chi connectivity index (χ0) is 11.1. The summed E-state index contributed by atoms with van der Waals surface area (Å²) in [6.45, 7) is 0.963. The summed E-state index contributed by atoms with van der Waals surface area (Å²) in [6.07, 6.45) is 5.05. The standard InChI is InChI=1S/C10H18N4S/c1-14(2)10-12-7-5-9(13-10)11-6-4-8-15-3/h5,7H,4,6,8H2,1-3H3,(H,11,12,13). The second-order valence-electron chi connectivity index (χ2n) is 3.41. The quantitative estimate of drug-likeness (QED) is 0.748. The Balaban J connectivity index is 2.43. The monoisotopic (exact) mass is 226 g/mol. The third kappa shape index (κ3) is 4.38. The summed E-state index contributed by atoms with van der Waals surface area (Å²) in [5, 5.41) is 3.28. The maximum atomic E-state index is 4.37. The van der Waals surface area contributed by atoms with Crippen LogP contribution in [0.25, 0.3) is 0 Å². The van der Waals surface area contributed by atoms with Gasteiger partial charge in [-0.25, -0.2) is 4.98 Å². The van der Waals surface area contributed by atoms with Crippen LogP contribution in [0.5, 0.6) is 0 Å². The molecule has 0 unspecified atom stereocenters. The summed E-state index contributed by atoms with van der Waals surface area (Å²) in [5.41, 5.74) is 0. The van der Waals surface area contributed by atoms with E-state index in [0.717, 1.165) is 24.7 Å². The number of thioether (sulfide) groups is 1. The van der Waals surface area contributed by atoms with Gasteiger partial charge in [-0.3, -0.25) is 0 Å². The van der Waals surface area contributed by atoms with Gasteiger partial charge in [-0.15, -0.1) is 0 Å². The third-order valence-corrected chi connectivity index (χ3v) is 2.57. The fourth-order valence-electron chi connectivity index (χ4n) is 1.10. The molecule has 4 nitrogen and oxygen atoms in total. The first-order chi connectivity index (χ1) is 7.24. The van der Waals surface area contributed by atoms with E-state index in [-0.39, 0.29) is 0 Å². The summed E-state index contributed by atoms with van der Waals surface area (Å²) >= 11 is 1.86. The summed E-state index contributed by atoms with van der Waals surface area (Å²) < 4.78 is 0. The zero-order valence-corrected chi connectivity index (χ0v) is 10.3. The number of anilines is 2. The second-order valence-corrected chi connectivity index (χ2v) is 4.40. The molecule has 0 bridgehead atoms. The van der Waals surface area contributed by atoms with Gasteiger partial charge in [0.2, 0.25) is 5.95 Å². The summed E-state index contributed by atoms with van der Waals surface area (Å²) in [5.74, 6) is 2.82. The molecule has 0 atom stereocenters. The van der Waals surface area contributed by atoms with Gasteiger partial charge in [0.05, 0.1) is 0 Å². The van der Waals surface area contributed by atoms with E-state index in [9.17, 15) is 0 Å². The Labute approximate surface area is 95.5 Å². The predicted molar refractivity (Wildman–Crippen MR) is 67.8 cm³/mol. The molecule has 1 rings (SSSR count). The van der Waals surface area contributed by atoms with Gasteiger partial charge in [-0.05, 0) is 24.5 Å². The van der Waals surface area contributed by atoms with Gasteiger partial charge in [0, 0.05) is 26.8 Å². The van der Waals surface area contributed by atoms with Crippen molar-refractivity contribution in [3.05, 3.63) is 12.3 Å². The first-order valence-corrected chi connectivity index (χ1v) is 6.36. The topological polar surface area (TPSA) is 41.1 Å². The van der Waals surface area contributed by atoms with Crippen molar-refractivity contribution in [2.24, 2.45) is 0 Å². The van der Waals surface area contributed by atoms with Crippen molar-refractivity contribution in [2.45, 2.75) is 6.42 Å². The number of nitrogens with one attached hydrogen (secondary N) is 1. The first kappa shape index (κ1) is 12.1. The molecule has 0 radical (unpaired) electrons. The Morgan fingerprint density at radius 1 is 1.47 bits per heavy atom. The molecule has 0 aliphatic heterocycles. The fraction of sp³-hybridized carbons (Fsp3) is 0.600. The number of nitrogens with zero attached hydrogens (tertiary/aromatic N) is 3. The Hall–Kier alpha value is -0.970. The maximum absolute atomic E-state index is 4.37. The van der Waals surface area contributed by atoms with Crippen LogP contribution in [0.1, 0.15) is 6.42 Å². The van der Waals surface area contributed by atoms with E-state index < -0.39 is 0 Å². The summed E-state index contributed by atoms with van der Waals surface area (Å²) in [4.78, 5) is 10.4. The smallest absolute Gasteiger partial charge is 0.226 e. The number of hydrogen-bond acceptors (Lipinski definition) is 5. The zero-order valence-electron chi connectivity index (χ0n) is 9.53. The van der Waals surface area contributed by atoms with Crippen molar-refractivity contribution < 1.29 is 0 Å². The minimum absolute atomic E-state index is 0.741. The van der Waals surface area contributed by atoms with Gasteiger partial charge in [0.15, 0.2) is 0 Å². The maximum Gasteiger partial charge on any atom is 0.226 e. The first-order valence-electron chi connectivity index (χ1n) is 4.97. The largest absolute Gasteiger partial charge is 0.370 e. The van der Waals surface area contributed by atoms with Gasteiger partial charge >= 0.3 is 0 Å². The molecule has 15 heavy (non-hydrogen) atoms. The van der Waals surface area contributed by atoms with Crippen LogP contribution in [0.3, 0.4) is 0 Å². The van der Waals surface area contributed by atoms with Crippen LogP contribution in [-0.2, 0) is 0 Å². The Bertz CT molecular complexity index is 291. The lowest BCUT2D eigenvalue weighted by Gasteiger charge is -2.11. The minimum Gasteiger partial charge on any atom is -0.370 e. The average molecular weight is 226 g/mol. The molecule has 1 aromatic heterocycles. The second kappa shape index (κ2) is 6.50. The molecule has 0 saturated heterocycles. The van der Waals surface area contributed by atoms with Crippen LogP contribution in [-0.4, -0.2) is 42.6 Å². The van der Waals surface area contributed by atoms with Crippen molar-refractivity contribution in [1.82, 2.24) is 9.97 Å². The molecule has 1 N–H and O–H groups in total. The molecule has 1 aromatic rings. The van der Waals surface area contributed by atoms with E-state index in [2.05, 4.69) is 21.5 Å². The third-order valence-electron chi connectivity index (χ3n) is 1.87. The van der Waals surface area contributed by atoms with Crippen molar-refractivity contribution >= 4 is 23.5 Å². The fourth-order valence-corrected chi connectivity index (χ4v) is 1.53. The lowest BCUT2D eigenvalue weighted by Crippen LogP contribution is -2.14. The van der Waals surface area contributed by atoms with Gasteiger partial charge < -0.3 is 10.2 Å². The lowest BCUT2D eigenvalue weighted by atomic mass is 10.4. The summed E-state index contributed by atoms with van der Waals surface area (Å²) in [7, 11) is 3.87. The van der Waals surface area contributed by atoms with Crippen molar-refractivity contribution in [1.29, 1.82) is 0 Å². The predicted octanol–water partition coefficient (Wildman–Crippen LogP) is 1.71. The van der Waals surface area contributed by atoms with Crippen molar-refractivity contribution in [3.63, 3.8) is 0 Å². The highest BCUT2D eigenvalue weighted by Crippen LogP contribution is 2.07. The molecule has 0 saturated carbocycles. The summed E-state index contributed by atoms with van der Waals surface area (Å²) in [6, 6.07) is 1.89. The lowest BCUT2D eigenvalue weighted by molar-refractivity contribution is 0.957. The molecular weight excluding hydrogens is 208 g/mol. The highest BCUT2D eigenvalue weighted by molar-refractivity contribution is 7.98. The van der Waals surface area contributed by atoms with Gasteiger partial charge in [-0.1, -0.05) is 0 Å². The Morgan fingerprint density at radius 2 is 2.27 bits per heavy atom. The van der Waals surface area contributed by atoms with Crippen LogP contribution in [0, 0.1) is 0 Å². The molecule has 0 aliphatic carbocycles. The molecule has 5 heteroatoms. The number of aromatic nitrogens is 2. The molecular formula is C10H18N4S. The Kier molecular flexibility index (Phi) is 5.25. The van der Waals surface area contributed by atoms with Gasteiger partial charge in [-0.2, -0.15) is 16.7 Å². The van der Waals surface area contributed by atoms with E-state index >= 15 is 0 Å². The molecule has 0 aliphatic rings. The minimum atomic E-state index is 0.741. The molecule has 0 aromatic carbocycles. The highest BCUT2D eigenvalue weighted by atomic mass is 32.2. The number of rotatable bonds is 6. The SMILES string of the molecule is CSCCCNc1ccnc(N(C)C)n1. The van der Waals surface area contributed by atoms with Crippen LogP contribution in [0.4, 0.5) is 11.8 Å². The van der Waals surface area contributed by atoms with E-state index in [4.69, 9.17) is 0 Å². The molecule has 1 heterocycles. The van der Waals surface area contributed by atoms with Crippen molar-refractivity contribution in [2.75, 3.05) is 42.9 Å². The molecule has 0 amide bonds. The number of hydrogen-bond donors (Lipinski definition) is 1. The van der Waals surface area contributed by atoms with E-state index in [1.54, 1.807) is 6.20 Å².